The Balaban J connectivity index is 1.54. The normalized spacial score (nSPS) is 19.8. The Kier molecular flexibility index (Phi) is 8.48. The van der Waals surface area contributed by atoms with Crippen LogP contribution in [0, 0.1) is 11.3 Å². The summed E-state index contributed by atoms with van der Waals surface area (Å²) in [6, 6.07) is 11.0. The zero-order valence-corrected chi connectivity index (χ0v) is 27.9. The molecular formula is C31H40F3N5O4S2. The number of carbonyl (C=O) groups excluding carboxylic acids is 1. The monoisotopic (exact) mass is 667 g/mol. The van der Waals surface area contributed by atoms with E-state index in [0.29, 0.717) is 29.0 Å². The molecule has 0 radical (unpaired) electrons. The molecule has 0 bridgehead atoms. The highest BCUT2D eigenvalue weighted by molar-refractivity contribution is 8.32. The number of aromatic nitrogens is 3. The average molecular weight is 668 g/mol. The van der Waals surface area contributed by atoms with E-state index in [1.165, 1.54) is 16.8 Å². The molecule has 1 amide bonds. The van der Waals surface area contributed by atoms with Gasteiger partial charge in [0, 0.05) is 29.2 Å². The van der Waals surface area contributed by atoms with Crippen molar-refractivity contribution in [2.24, 2.45) is 11.3 Å². The fraction of sp³-hybridized carbons (Fsp3) is 0.516. The van der Waals surface area contributed by atoms with Gasteiger partial charge in [0.1, 0.15) is 5.82 Å². The van der Waals surface area contributed by atoms with Gasteiger partial charge in [-0.1, -0.05) is 25.1 Å². The van der Waals surface area contributed by atoms with Gasteiger partial charge in [0.05, 0.1) is 22.5 Å². The zero-order chi connectivity index (χ0) is 33.0. The summed E-state index contributed by atoms with van der Waals surface area (Å²) in [7, 11) is -5.75. The first kappa shape index (κ1) is 33.1. The Hall–Kier alpha value is -3.26. The van der Waals surface area contributed by atoms with Gasteiger partial charge >= 0.3 is 6.18 Å². The molecule has 1 aromatic carbocycles. The highest BCUT2D eigenvalue weighted by Crippen LogP contribution is 2.60. The summed E-state index contributed by atoms with van der Waals surface area (Å²) in [5.41, 5.74) is -1.93. The van der Waals surface area contributed by atoms with E-state index in [4.69, 9.17) is 9.72 Å². The van der Waals surface area contributed by atoms with Gasteiger partial charge in [0.2, 0.25) is 5.88 Å². The molecule has 1 aliphatic carbocycles. The van der Waals surface area contributed by atoms with Crippen LogP contribution in [-0.2, 0) is 10.0 Å². The zero-order valence-electron chi connectivity index (χ0n) is 26.3. The van der Waals surface area contributed by atoms with Crippen molar-refractivity contribution in [3.05, 3.63) is 54.2 Å². The van der Waals surface area contributed by atoms with E-state index in [-0.39, 0.29) is 47.7 Å². The lowest BCUT2D eigenvalue weighted by atomic mass is 9.97. The molecule has 1 N–H and O–H groups in total. The van der Waals surface area contributed by atoms with Crippen molar-refractivity contribution >= 4 is 31.8 Å². The Morgan fingerprint density at radius 1 is 1.09 bits per heavy atom. The maximum Gasteiger partial charge on any atom is 0.394 e. The molecular weight excluding hydrogens is 628 g/mol. The molecule has 5 rings (SSSR count). The molecule has 1 aliphatic heterocycles. The molecule has 1 saturated carbocycles. The van der Waals surface area contributed by atoms with Crippen molar-refractivity contribution in [1.29, 1.82) is 0 Å². The number of alkyl halides is 3. The van der Waals surface area contributed by atoms with Crippen LogP contribution in [0.25, 0.3) is 5.82 Å². The van der Waals surface area contributed by atoms with Gasteiger partial charge in [-0.25, -0.2) is 32.8 Å². The number of anilines is 1. The number of nitrogens with zero attached hydrogens (tertiary/aromatic N) is 4. The van der Waals surface area contributed by atoms with Crippen molar-refractivity contribution in [3.63, 3.8) is 0 Å². The van der Waals surface area contributed by atoms with E-state index in [9.17, 15) is 26.4 Å². The lowest BCUT2D eigenvalue weighted by Crippen LogP contribution is -2.41. The van der Waals surface area contributed by atoms with E-state index < -0.39 is 37.5 Å². The minimum absolute atomic E-state index is 0.0341. The fourth-order valence-corrected chi connectivity index (χ4v) is 8.08. The van der Waals surface area contributed by atoms with Crippen LogP contribution in [0.3, 0.4) is 0 Å². The van der Waals surface area contributed by atoms with Crippen LogP contribution >= 0.6 is 10.0 Å². The third-order valence-electron chi connectivity index (χ3n) is 8.53. The molecule has 1 atom stereocenters. The second-order valence-corrected chi connectivity index (χ2v) is 19.3. The van der Waals surface area contributed by atoms with Crippen LogP contribution in [0.2, 0.25) is 0 Å². The number of hydrogen-bond acceptors (Lipinski definition) is 7. The average Bonchev–Trinajstić information content (AvgIpc) is 3.50. The van der Waals surface area contributed by atoms with Crippen LogP contribution in [0.15, 0.2) is 58.5 Å². The number of benzene rings is 1. The van der Waals surface area contributed by atoms with Crippen molar-refractivity contribution in [2.45, 2.75) is 68.0 Å². The number of hydrogen-bond donors (Lipinski definition) is 1. The van der Waals surface area contributed by atoms with Crippen LogP contribution in [0.1, 0.15) is 56.8 Å². The third kappa shape index (κ3) is 6.81. The fourth-order valence-electron chi connectivity index (χ4n) is 5.94. The third-order valence-corrected chi connectivity index (χ3v) is 11.5. The highest BCUT2D eigenvalue weighted by Gasteiger charge is 2.62. The van der Waals surface area contributed by atoms with E-state index in [0.717, 1.165) is 6.42 Å². The largest absolute Gasteiger partial charge is 0.477 e. The molecule has 2 fully saturated rings. The smallest absolute Gasteiger partial charge is 0.394 e. The second kappa shape index (κ2) is 11.5. The maximum atomic E-state index is 13.8. The van der Waals surface area contributed by atoms with Gasteiger partial charge in [-0.05, 0) is 82.4 Å². The minimum Gasteiger partial charge on any atom is -0.477 e. The first-order valence-electron chi connectivity index (χ1n) is 14.7. The number of sulfonamides is 1. The summed E-state index contributed by atoms with van der Waals surface area (Å²) >= 11 is 0. The van der Waals surface area contributed by atoms with Crippen molar-refractivity contribution in [3.8, 4) is 11.7 Å². The standard InChI is InChI=1S/C31H40F3N5O4S2/c1-21-19-29(2,3)38(20-21)26-23(28(40)37-45(41,42)22-10-8-7-9-11-22)18-24(44(4,5)6)27(35-26)39-16-12-25(36-39)43-17-15-30(13-14-30)31(32,33)34/h7-12,16,18,21H,13-15,17,19-20H2,1-6H3,(H,37,40)/t21-/m0/s1. The number of amides is 1. The molecule has 1 saturated heterocycles. The Labute approximate surface area is 263 Å². The summed E-state index contributed by atoms with van der Waals surface area (Å²) in [6.45, 7) is 6.69. The van der Waals surface area contributed by atoms with Gasteiger partial charge in [0.25, 0.3) is 15.9 Å². The van der Waals surface area contributed by atoms with Crippen molar-refractivity contribution < 1.29 is 31.1 Å². The molecule has 9 nitrogen and oxygen atoms in total. The summed E-state index contributed by atoms with van der Waals surface area (Å²) in [4.78, 5) is 21.5. The van der Waals surface area contributed by atoms with Crippen LogP contribution in [-0.4, -0.2) is 72.7 Å². The van der Waals surface area contributed by atoms with Crippen molar-refractivity contribution in [1.82, 2.24) is 19.5 Å². The summed E-state index contributed by atoms with van der Waals surface area (Å²) < 4.78 is 75.8. The lowest BCUT2D eigenvalue weighted by molar-refractivity contribution is -0.190. The number of rotatable bonds is 10. The van der Waals surface area contributed by atoms with Crippen LogP contribution in [0.4, 0.5) is 19.0 Å². The second-order valence-electron chi connectivity index (χ2n) is 13.5. The summed E-state index contributed by atoms with van der Waals surface area (Å²) in [5, 5.41) is 4.50. The number of carbonyl (C=O) groups is 1. The molecule has 14 heteroatoms. The Morgan fingerprint density at radius 2 is 1.76 bits per heavy atom. The van der Waals surface area contributed by atoms with E-state index in [1.807, 2.05) is 23.7 Å². The van der Waals surface area contributed by atoms with Crippen LogP contribution in [0.5, 0.6) is 5.88 Å². The number of pyridine rings is 1. The van der Waals surface area contributed by atoms with E-state index >= 15 is 0 Å². The van der Waals surface area contributed by atoms with Gasteiger partial charge < -0.3 is 9.64 Å². The Morgan fingerprint density at radius 3 is 2.31 bits per heavy atom. The highest BCUT2D eigenvalue weighted by atomic mass is 32.3. The predicted molar refractivity (Wildman–Crippen MR) is 169 cm³/mol. The maximum absolute atomic E-state index is 13.8. The molecule has 0 spiro atoms. The molecule has 45 heavy (non-hydrogen) atoms. The molecule has 3 heterocycles. The predicted octanol–water partition coefficient (Wildman–Crippen LogP) is 6.18. The summed E-state index contributed by atoms with van der Waals surface area (Å²) in [6.07, 6.45) is 4.34. The molecule has 0 unspecified atom stereocenters. The van der Waals surface area contributed by atoms with Gasteiger partial charge in [-0.3, -0.25) is 4.79 Å². The van der Waals surface area contributed by atoms with Gasteiger partial charge in [0.15, 0.2) is 5.82 Å². The van der Waals surface area contributed by atoms with E-state index in [2.05, 4.69) is 30.6 Å². The molecule has 2 aromatic heterocycles. The van der Waals surface area contributed by atoms with E-state index in [1.54, 1.807) is 36.5 Å². The van der Waals surface area contributed by atoms with Crippen LogP contribution < -0.4 is 14.4 Å². The molecule has 3 aromatic rings. The SMILES string of the molecule is C[C@@H]1CN(c2nc(-n3ccc(OCCC4(C(F)(F)F)CC4)n3)c(S(C)(C)C)cc2C(=O)NS(=O)(=O)c2ccccc2)C(C)(C)C1. The molecule has 2 aliphatic rings. The first-order valence-corrected chi connectivity index (χ1v) is 19.1. The first-order chi connectivity index (χ1) is 20.8. The quantitative estimate of drug-likeness (QED) is 0.276. The van der Waals surface area contributed by atoms with Crippen molar-refractivity contribution in [2.75, 3.05) is 36.8 Å². The van der Waals surface area contributed by atoms with Gasteiger partial charge in [-0.15, -0.1) is 5.10 Å². The Bertz CT molecular complexity index is 1680. The number of ether oxygens (including phenoxy) is 1. The topological polar surface area (TPSA) is 106 Å². The summed E-state index contributed by atoms with van der Waals surface area (Å²) in [5.74, 6) is 0.423. The van der Waals surface area contributed by atoms with Gasteiger partial charge in [-0.2, -0.15) is 13.2 Å². The lowest BCUT2D eigenvalue weighted by Gasteiger charge is -2.35. The number of halogens is 3. The molecule has 246 valence electrons. The number of nitrogens with one attached hydrogen (secondary N) is 1. The minimum atomic E-state index is -4.25.